The van der Waals surface area contributed by atoms with E-state index in [1.54, 1.807) is 6.92 Å². The van der Waals surface area contributed by atoms with Crippen LogP contribution in [0.15, 0.2) is 0 Å². The topological polar surface area (TPSA) is 102 Å². The molecule has 3 N–H and O–H groups in total. The fourth-order valence-corrected chi connectivity index (χ4v) is 1.98. The minimum Gasteiger partial charge on any atom is -0.465 e. The summed E-state index contributed by atoms with van der Waals surface area (Å²) in [5.74, 6) is -0.559. The molecule has 0 bridgehead atoms. The van der Waals surface area contributed by atoms with Crippen LogP contribution in [0.4, 0.5) is 4.79 Å². The van der Waals surface area contributed by atoms with Crippen LogP contribution in [0.3, 0.4) is 0 Å². The molecule has 1 atom stereocenters. The number of rotatable bonds is 9. The molecule has 0 saturated carbocycles. The Kier molecular flexibility index (Phi) is 9.16. The number of hydrogen-bond donors (Lipinski definition) is 2. The highest BCUT2D eigenvalue weighted by atomic mass is 16.5. The van der Waals surface area contributed by atoms with E-state index < -0.39 is 18.0 Å². The van der Waals surface area contributed by atoms with E-state index in [1.165, 1.54) is 4.90 Å². The summed E-state index contributed by atoms with van der Waals surface area (Å²) in [6.07, 6.45) is 1.17. The zero-order valence-corrected chi connectivity index (χ0v) is 13.3. The van der Waals surface area contributed by atoms with Gasteiger partial charge < -0.3 is 20.7 Å². The van der Waals surface area contributed by atoms with Crippen molar-refractivity contribution in [3.63, 3.8) is 0 Å². The maximum atomic E-state index is 12.5. The first-order valence-corrected chi connectivity index (χ1v) is 7.32. The molecule has 1 unspecified atom stereocenters. The number of esters is 1. The zero-order valence-electron chi connectivity index (χ0n) is 13.3. The molecule has 0 rings (SSSR count). The van der Waals surface area contributed by atoms with Crippen molar-refractivity contribution >= 4 is 17.9 Å². The van der Waals surface area contributed by atoms with Crippen LogP contribution in [0.25, 0.3) is 0 Å². The Morgan fingerprint density at radius 1 is 1.24 bits per heavy atom. The summed E-state index contributed by atoms with van der Waals surface area (Å²) in [4.78, 5) is 36.5. The van der Waals surface area contributed by atoms with Gasteiger partial charge in [0.05, 0.1) is 6.61 Å². The highest BCUT2D eigenvalue weighted by Crippen LogP contribution is 2.09. The van der Waals surface area contributed by atoms with Crippen LogP contribution in [-0.4, -0.2) is 48.5 Å². The first-order chi connectivity index (χ1) is 9.81. The van der Waals surface area contributed by atoms with Crippen molar-refractivity contribution in [1.82, 2.24) is 10.2 Å². The van der Waals surface area contributed by atoms with Gasteiger partial charge in [0.1, 0.15) is 12.6 Å². The number of carbonyl (C=O) groups is 3. The minimum absolute atomic E-state index is 0.116. The quantitative estimate of drug-likeness (QED) is 0.617. The van der Waals surface area contributed by atoms with Crippen LogP contribution < -0.4 is 11.1 Å². The number of nitrogens with zero attached hydrogens (tertiary/aromatic N) is 1. The lowest BCUT2D eigenvalue weighted by molar-refractivity contribution is -0.149. The van der Waals surface area contributed by atoms with E-state index in [2.05, 4.69) is 5.32 Å². The van der Waals surface area contributed by atoms with Gasteiger partial charge in [-0.2, -0.15) is 0 Å². The van der Waals surface area contributed by atoms with Crippen molar-refractivity contribution in [2.24, 2.45) is 11.7 Å². The van der Waals surface area contributed by atoms with Gasteiger partial charge in [-0.25, -0.2) is 4.79 Å². The maximum Gasteiger partial charge on any atom is 0.325 e. The second kappa shape index (κ2) is 10.0. The molecule has 0 radical (unpaired) electrons. The van der Waals surface area contributed by atoms with Crippen LogP contribution in [0.2, 0.25) is 0 Å². The first kappa shape index (κ1) is 19.2. The zero-order chi connectivity index (χ0) is 16.4. The van der Waals surface area contributed by atoms with E-state index >= 15 is 0 Å². The summed E-state index contributed by atoms with van der Waals surface area (Å²) in [7, 11) is 0. The van der Waals surface area contributed by atoms with E-state index in [0.717, 1.165) is 0 Å². The Hall–Kier alpha value is -1.79. The van der Waals surface area contributed by atoms with Gasteiger partial charge in [0, 0.05) is 6.54 Å². The van der Waals surface area contributed by atoms with Gasteiger partial charge in [-0.3, -0.25) is 9.59 Å². The molecule has 0 aliphatic heterocycles. The van der Waals surface area contributed by atoms with E-state index in [-0.39, 0.29) is 25.0 Å². The fraction of sp³-hybridized carbons (Fsp3) is 0.786. The number of nitrogens with two attached hydrogens (primary N) is 1. The third kappa shape index (κ3) is 8.16. The van der Waals surface area contributed by atoms with Crippen LogP contribution in [-0.2, 0) is 14.3 Å². The van der Waals surface area contributed by atoms with Gasteiger partial charge >= 0.3 is 12.0 Å². The van der Waals surface area contributed by atoms with E-state index in [4.69, 9.17) is 10.5 Å². The van der Waals surface area contributed by atoms with Gasteiger partial charge in [-0.05, 0) is 25.7 Å². The Bertz CT molecular complexity index is 358. The average molecular weight is 301 g/mol. The lowest BCUT2D eigenvalue weighted by Gasteiger charge is -2.27. The van der Waals surface area contributed by atoms with Crippen LogP contribution in [0, 0.1) is 5.92 Å². The number of amides is 3. The largest absolute Gasteiger partial charge is 0.465 e. The smallest absolute Gasteiger partial charge is 0.325 e. The van der Waals surface area contributed by atoms with Crippen molar-refractivity contribution in [2.75, 3.05) is 19.7 Å². The molecule has 21 heavy (non-hydrogen) atoms. The molecule has 7 heteroatoms. The van der Waals surface area contributed by atoms with Crippen molar-refractivity contribution in [2.45, 2.75) is 46.6 Å². The highest BCUT2D eigenvalue weighted by molar-refractivity contribution is 5.89. The van der Waals surface area contributed by atoms with E-state index in [9.17, 15) is 14.4 Å². The summed E-state index contributed by atoms with van der Waals surface area (Å²) in [5.41, 5.74) is 5.12. The predicted octanol–water partition coefficient (Wildman–Crippen LogP) is 0.871. The molecule has 7 nitrogen and oxygen atoms in total. The van der Waals surface area contributed by atoms with Crippen molar-refractivity contribution in [3.05, 3.63) is 0 Å². The monoisotopic (exact) mass is 301 g/mol. The summed E-state index contributed by atoms with van der Waals surface area (Å²) >= 11 is 0. The molecule has 0 fully saturated rings. The Morgan fingerprint density at radius 3 is 2.29 bits per heavy atom. The summed E-state index contributed by atoms with van der Waals surface area (Å²) in [6.45, 7) is 8.07. The lowest BCUT2D eigenvalue weighted by atomic mass is 10.0. The molecular formula is C14H27N3O4. The molecule has 0 aromatic heterocycles. The molecule has 0 spiro atoms. The standard InChI is InChI=1S/C14H27N3O4/c1-5-7-17(9-12(18)21-6-2)13(19)11(8-10(3)4)16-14(15)20/h10-11H,5-9H2,1-4H3,(H3,15,16,20). The Balaban J connectivity index is 4.92. The molecule has 0 aromatic carbocycles. The predicted molar refractivity (Wildman–Crippen MR) is 79.5 cm³/mol. The Labute approximate surface area is 126 Å². The molecule has 0 aliphatic carbocycles. The third-order valence-electron chi connectivity index (χ3n) is 2.75. The average Bonchev–Trinajstić information content (AvgIpc) is 2.35. The highest BCUT2D eigenvalue weighted by Gasteiger charge is 2.27. The summed E-state index contributed by atoms with van der Waals surface area (Å²) < 4.78 is 4.87. The number of hydrogen-bond acceptors (Lipinski definition) is 4. The molecule has 0 saturated heterocycles. The van der Waals surface area contributed by atoms with Crippen LogP contribution in [0.1, 0.15) is 40.5 Å². The first-order valence-electron chi connectivity index (χ1n) is 7.32. The SMILES string of the molecule is CCCN(CC(=O)OCC)C(=O)C(CC(C)C)NC(N)=O. The molecular weight excluding hydrogens is 274 g/mol. The fourth-order valence-electron chi connectivity index (χ4n) is 1.98. The van der Waals surface area contributed by atoms with Gasteiger partial charge in [0.2, 0.25) is 5.91 Å². The van der Waals surface area contributed by atoms with Crippen LogP contribution in [0.5, 0.6) is 0 Å². The second-order valence-electron chi connectivity index (χ2n) is 5.26. The van der Waals surface area contributed by atoms with Gasteiger partial charge in [-0.1, -0.05) is 20.8 Å². The number of carbonyl (C=O) groups excluding carboxylic acids is 3. The maximum absolute atomic E-state index is 12.5. The molecule has 0 aliphatic rings. The minimum atomic E-state index is -0.749. The number of ether oxygens (including phenoxy) is 1. The number of nitrogens with one attached hydrogen (secondary N) is 1. The Morgan fingerprint density at radius 2 is 1.86 bits per heavy atom. The summed E-state index contributed by atoms with van der Waals surface area (Å²) in [6, 6.07) is -1.47. The third-order valence-corrected chi connectivity index (χ3v) is 2.75. The molecule has 0 heterocycles. The van der Waals surface area contributed by atoms with Crippen molar-refractivity contribution in [1.29, 1.82) is 0 Å². The lowest BCUT2D eigenvalue weighted by Crippen LogP contribution is -2.52. The van der Waals surface area contributed by atoms with E-state index in [0.29, 0.717) is 19.4 Å². The van der Waals surface area contributed by atoms with Gasteiger partial charge in [-0.15, -0.1) is 0 Å². The van der Waals surface area contributed by atoms with Crippen molar-refractivity contribution in [3.8, 4) is 0 Å². The van der Waals surface area contributed by atoms with E-state index in [1.807, 2.05) is 20.8 Å². The summed E-state index contributed by atoms with van der Waals surface area (Å²) in [5, 5.41) is 2.45. The molecule has 0 aromatic rings. The number of urea groups is 1. The molecule has 3 amide bonds. The van der Waals surface area contributed by atoms with Crippen molar-refractivity contribution < 1.29 is 19.1 Å². The molecule has 122 valence electrons. The van der Waals surface area contributed by atoms with Gasteiger partial charge in [0.15, 0.2) is 0 Å². The van der Waals surface area contributed by atoms with Crippen LogP contribution >= 0.6 is 0 Å². The normalized spacial score (nSPS) is 11.9. The second-order valence-corrected chi connectivity index (χ2v) is 5.26. The van der Waals surface area contributed by atoms with Gasteiger partial charge in [0.25, 0.3) is 0 Å². The number of primary amides is 1.